The lowest BCUT2D eigenvalue weighted by atomic mass is 10.2. The molecule has 8 nitrogen and oxygen atoms in total. The van der Waals surface area contributed by atoms with Crippen LogP contribution in [0.15, 0.2) is 12.4 Å². The first-order valence-electron chi connectivity index (χ1n) is 7.02. The first kappa shape index (κ1) is 13.7. The first-order chi connectivity index (χ1) is 10.2. The zero-order chi connectivity index (χ0) is 14.8. The lowest BCUT2D eigenvalue weighted by Gasteiger charge is -2.35. The molecule has 2 aromatic rings. The number of aromatic nitrogens is 4. The van der Waals surface area contributed by atoms with E-state index < -0.39 is 6.04 Å². The van der Waals surface area contributed by atoms with Crippen LogP contribution < -0.4 is 10.2 Å². The molecule has 1 N–H and O–H groups in total. The Morgan fingerprint density at radius 3 is 3.19 bits per heavy atom. The van der Waals surface area contributed by atoms with Gasteiger partial charge in [-0.25, -0.2) is 9.78 Å². The maximum absolute atomic E-state index is 12.1. The maximum Gasteiger partial charge on any atom is 0.330 e. The Morgan fingerprint density at radius 2 is 2.38 bits per heavy atom. The SMILES string of the molecule is CCOC(=O)C1CNCCN1c1nccn2c(C)nnc12. The molecule has 2 aromatic heterocycles. The van der Waals surface area contributed by atoms with Crippen LogP contribution in [0, 0.1) is 6.92 Å². The minimum Gasteiger partial charge on any atom is -0.464 e. The molecule has 3 heterocycles. The van der Waals surface area contributed by atoms with E-state index in [-0.39, 0.29) is 5.97 Å². The number of nitrogens with one attached hydrogen (secondary N) is 1. The molecule has 0 amide bonds. The number of carbonyl (C=O) groups is 1. The molecular formula is C13H18N6O2. The van der Waals surface area contributed by atoms with Gasteiger partial charge in [-0.05, 0) is 13.8 Å². The van der Waals surface area contributed by atoms with Crippen LogP contribution in [-0.4, -0.2) is 57.8 Å². The summed E-state index contributed by atoms with van der Waals surface area (Å²) in [5, 5.41) is 11.5. The third kappa shape index (κ3) is 2.42. The minimum absolute atomic E-state index is 0.246. The van der Waals surface area contributed by atoms with E-state index in [2.05, 4.69) is 20.5 Å². The van der Waals surface area contributed by atoms with Crippen LogP contribution >= 0.6 is 0 Å². The van der Waals surface area contributed by atoms with Gasteiger partial charge in [-0.15, -0.1) is 10.2 Å². The molecule has 1 atom stereocenters. The molecule has 1 aliphatic rings. The summed E-state index contributed by atoms with van der Waals surface area (Å²) < 4.78 is 7.03. The molecule has 3 rings (SSSR count). The number of aryl methyl sites for hydroxylation is 1. The summed E-state index contributed by atoms with van der Waals surface area (Å²) >= 11 is 0. The predicted octanol–water partition coefficient (Wildman–Crippen LogP) is -0.226. The highest BCUT2D eigenvalue weighted by atomic mass is 16.5. The highest BCUT2D eigenvalue weighted by molar-refractivity contribution is 5.82. The van der Waals surface area contributed by atoms with E-state index in [1.807, 2.05) is 22.4 Å². The van der Waals surface area contributed by atoms with E-state index in [1.54, 1.807) is 13.1 Å². The fourth-order valence-corrected chi connectivity index (χ4v) is 2.54. The molecule has 8 heteroatoms. The molecule has 0 aliphatic carbocycles. The summed E-state index contributed by atoms with van der Waals surface area (Å²) in [6, 6.07) is -0.394. The molecule has 0 bridgehead atoms. The normalized spacial score (nSPS) is 19.0. The van der Waals surface area contributed by atoms with Crippen LogP contribution in [0.5, 0.6) is 0 Å². The Kier molecular flexibility index (Phi) is 3.70. The topological polar surface area (TPSA) is 84.7 Å². The number of anilines is 1. The standard InChI is InChI=1S/C13H18N6O2/c1-3-21-13(20)10-8-14-4-6-19(10)11-12-17-16-9(2)18(12)7-5-15-11/h5,7,10,14H,3-4,6,8H2,1-2H3. The van der Waals surface area contributed by atoms with Crippen molar-refractivity contribution in [2.75, 3.05) is 31.1 Å². The van der Waals surface area contributed by atoms with E-state index >= 15 is 0 Å². The van der Waals surface area contributed by atoms with Crippen molar-refractivity contribution in [2.24, 2.45) is 0 Å². The van der Waals surface area contributed by atoms with E-state index in [9.17, 15) is 4.79 Å². The van der Waals surface area contributed by atoms with Gasteiger partial charge in [0.2, 0.25) is 5.65 Å². The molecule has 0 aromatic carbocycles. The molecule has 0 radical (unpaired) electrons. The summed E-state index contributed by atoms with van der Waals surface area (Å²) in [6.07, 6.45) is 3.51. The van der Waals surface area contributed by atoms with Gasteiger partial charge in [0.1, 0.15) is 11.9 Å². The van der Waals surface area contributed by atoms with Gasteiger partial charge >= 0.3 is 5.97 Å². The Bertz CT molecular complexity index is 655. The monoisotopic (exact) mass is 290 g/mol. The van der Waals surface area contributed by atoms with Gasteiger partial charge < -0.3 is 15.0 Å². The molecular weight excluding hydrogens is 272 g/mol. The lowest BCUT2D eigenvalue weighted by molar-refractivity contribution is -0.144. The molecule has 0 saturated carbocycles. The largest absolute Gasteiger partial charge is 0.464 e. The fraction of sp³-hybridized carbons (Fsp3) is 0.538. The van der Waals surface area contributed by atoms with Gasteiger partial charge in [-0.2, -0.15) is 0 Å². The molecule has 21 heavy (non-hydrogen) atoms. The Balaban J connectivity index is 2.00. The van der Waals surface area contributed by atoms with Crippen molar-refractivity contribution in [2.45, 2.75) is 19.9 Å². The molecule has 1 saturated heterocycles. The van der Waals surface area contributed by atoms with Gasteiger partial charge in [-0.1, -0.05) is 0 Å². The summed E-state index contributed by atoms with van der Waals surface area (Å²) in [7, 11) is 0. The highest BCUT2D eigenvalue weighted by Crippen LogP contribution is 2.21. The summed E-state index contributed by atoms with van der Waals surface area (Å²) in [6.45, 7) is 6.04. The van der Waals surface area contributed by atoms with Gasteiger partial charge in [0.15, 0.2) is 5.82 Å². The molecule has 0 spiro atoms. The van der Waals surface area contributed by atoms with Crippen molar-refractivity contribution in [3.8, 4) is 0 Å². The van der Waals surface area contributed by atoms with E-state index in [0.717, 1.165) is 12.4 Å². The van der Waals surface area contributed by atoms with Crippen molar-refractivity contribution in [1.82, 2.24) is 24.9 Å². The van der Waals surface area contributed by atoms with Gasteiger partial charge in [0, 0.05) is 32.0 Å². The average molecular weight is 290 g/mol. The number of ether oxygens (including phenoxy) is 1. The Morgan fingerprint density at radius 1 is 1.52 bits per heavy atom. The number of carbonyl (C=O) groups excluding carboxylic acids is 1. The third-order valence-electron chi connectivity index (χ3n) is 3.55. The zero-order valence-corrected chi connectivity index (χ0v) is 12.1. The van der Waals surface area contributed by atoms with Crippen LogP contribution in [0.4, 0.5) is 5.82 Å². The lowest BCUT2D eigenvalue weighted by Crippen LogP contribution is -2.56. The first-order valence-corrected chi connectivity index (χ1v) is 7.02. The van der Waals surface area contributed by atoms with E-state index in [1.165, 1.54) is 0 Å². The fourth-order valence-electron chi connectivity index (χ4n) is 2.54. The minimum atomic E-state index is -0.394. The van der Waals surface area contributed by atoms with Crippen LogP contribution in [-0.2, 0) is 9.53 Å². The van der Waals surface area contributed by atoms with E-state index in [4.69, 9.17) is 4.74 Å². The average Bonchev–Trinajstić information content (AvgIpc) is 2.89. The smallest absolute Gasteiger partial charge is 0.330 e. The number of fused-ring (bicyclic) bond motifs is 1. The van der Waals surface area contributed by atoms with Crippen molar-refractivity contribution >= 4 is 17.4 Å². The van der Waals surface area contributed by atoms with Gasteiger partial charge in [0.05, 0.1) is 6.61 Å². The van der Waals surface area contributed by atoms with Crippen molar-refractivity contribution in [1.29, 1.82) is 0 Å². The van der Waals surface area contributed by atoms with Crippen LogP contribution in [0.3, 0.4) is 0 Å². The summed E-state index contributed by atoms with van der Waals surface area (Å²) in [4.78, 5) is 18.5. The molecule has 112 valence electrons. The summed E-state index contributed by atoms with van der Waals surface area (Å²) in [5.41, 5.74) is 0.659. The van der Waals surface area contributed by atoms with Crippen LogP contribution in [0.25, 0.3) is 5.65 Å². The third-order valence-corrected chi connectivity index (χ3v) is 3.55. The van der Waals surface area contributed by atoms with E-state index in [0.29, 0.717) is 31.2 Å². The quantitative estimate of drug-likeness (QED) is 0.782. The Hall–Kier alpha value is -2.22. The highest BCUT2D eigenvalue weighted by Gasteiger charge is 2.32. The molecule has 1 fully saturated rings. The zero-order valence-electron chi connectivity index (χ0n) is 12.1. The maximum atomic E-state index is 12.1. The van der Waals surface area contributed by atoms with Gasteiger partial charge in [0.25, 0.3) is 0 Å². The molecule has 1 aliphatic heterocycles. The number of rotatable bonds is 3. The van der Waals surface area contributed by atoms with Crippen LogP contribution in [0.2, 0.25) is 0 Å². The Labute approximate surface area is 122 Å². The van der Waals surface area contributed by atoms with Crippen molar-refractivity contribution in [3.05, 3.63) is 18.2 Å². The predicted molar refractivity (Wildman–Crippen MR) is 76.2 cm³/mol. The number of hydrogen-bond acceptors (Lipinski definition) is 7. The summed E-state index contributed by atoms with van der Waals surface area (Å²) in [5.74, 6) is 1.21. The second kappa shape index (κ2) is 5.65. The second-order valence-electron chi connectivity index (χ2n) is 4.86. The number of piperazine rings is 1. The van der Waals surface area contributed by atoms with Crippen molar-refractivity contribution in [3.63, 3.8) is 0 Å². The number of esters is 1. The second-order valence-corrected chi connectivity index (χ2v) is 4.86. The van der Waals surface area contributed by atoms with Crippen molar-refractivity contribution < 1.29 is 9.53 Å². The van der Waals surface area contributed by atoms with Gasteiger partial charge in [-0.3, -0.25) is 4.40 Å². The van der Waals surface area contributed by atoms with Crippen LogP contribution in [0.1, 0.15) is 12.7 Å². The number of nitrogens with zero attached hydrogens (tertiary/aromatic N) is 5. The molecule has 1 unspecified atom stereocenters. The number of hydrogen-bond donors (Lipinski definition) is 1.